The molecule has 0 radical (unpaired) electrons. The standard InChI is InChI=1S/C25H34F15NO3/c1-3-5-6-7-8-9-10-11-12-13-15-44-17(42)16(14-4-2)41-18(43)19(26,27)20(28,29)21(30,31)22(32,33)23(34,35)24(36,37)25(38,39)40/h16H,3-15H2,1-2H3,(H,41,43). The molecule has 1 amide bonds. The van der Waals surface area contributed by atoms with E-state index in [4.69, 9.17) is 4.74 Å². The predicted molar refractivity (Wildman–Crippen MR) is 125 cm³/mol. The summed E-state index contributed by atoms with van der Waals surface area (Å²) in [4.78, 5) is 24.0. The smallest absolute Gasteiger partial charge is 0.460 e. The van der Waals surface area contributed by atoms with Gasteiger partial charge in [0.1, 0.15) is 6.04 Å². The number of hydrogen-bond acceptors (Lipinski definition) is 3. The Morgan fingerprint density at radius 1 is 0.545 bits per heavy atom. The third-order valence-electron chi connectivity index (χ3n) is 6.52. The topological polar surface area (TPSA) is 55.4 Å². The van der Waals surface area contributed by atoms with Crippen molar-refractivity contribution >= 4 is 11.9 Å². The summed E-state index contributed by atoms with van der Waals surface area (Å²) in [7, 11) is 0. The van der Waals surface area contributed by atoms with Crippen LogP contribution >= 0.6 is 0 Å². The van der Waals surface area contributed by atoms with E-state index in [1.165, 1.54) is 6.92 Å². The highest BCUT2D eigenvalue weighted by Gasteiger charge is 2.94. The number of nitrogens with one attached hydrogen (secondary N) is 1. The number of alkyl halides is 15. The third-order valence-corrected chi connectivity index (χ3v) is 6.52. The molecule has 0 aromatic carbocycles. The molecule has 0 aliphatic carbocycles. The zero-order valence-corrected chi connectivity index (χ0v) is 23.7. The van der Waals surface area contributed by atoms with E-state index in [0.717, 1.165) is 50.3 Å². The fourth-order valence-electron chi connectivity index (χ4n) is 3.76. The summed E-state index contributed by atoms with van der Waals surface area (Å²) in [6.45, 7) is 2.95. The summed E-state index contributed by atoms with van der Waals surface area (Å²) in [6, 6.07) is -2.28. The fourth-order valence-corrected chi connectivity index (χ4v) is 3.76. The number of carbonyl (C=O) groups is 2. The molecule has 1 N–H and O–H groups in total. The maximum absolute atomic E-state index is 14.2. The quantitative estimate of drug-likeness (QED) is 0.0748. The summed E-state index contributed by atoms with van der Waals surface area (Å²) in [6.07, 6.45) is 0.0775. The van der Waals surface area contributed by atoms with E-state index in [1.807, 2.05) is 0 Å². The van der Waals surface area contributed by atoms with Crippen molar-refractivity contribution in [2.24, 2.45) is 0 Å². The zero-order valence-electron chi connectivity index (χ0n) is 23.7. The largest absolute Gasteiger partial charge is 0.464 e. The third kappa shape index (κ3) is 9.00. The van der Waals surface area contributed by atoms with Crippen LogP contribution in [-0.4, -0.2) is 66.2 Å². The van der Waals surface area contributed by atoms with E-state index >= 15 is 0 Å². The van der Waals surface area contributed by atoms with Crippen LogP contribution in [0.15, 0.2) is 0 Å². The van der Waals surface area contributed by atoms with Gasteiger partial charge in [-0.25, -0.2) is 4.79 Å². The molecule has 0 saturated carbocycles. The molecule has 262 valence electrons. The van der Waals surface area contributed by atoms with Gasteiger partial charge in [0.2, 0.25) is 0 Å². The van der Waals surface area contributed by atoms with Crippen molar-refractivity contribution < 1.29 is 80.2 Å². The first-order valence-electron chi connectivity index (χ1n) is 13.6. The van der Waals surface area contributed by atoms with Gasteiger partial charge in [0.05, 0.1) is 6.61 Å². The number of rotatable bonds is 21. The molecule has 0 aliphatic rings. The van der Waals surface area contributed by atoms with Gasteiger partial charge in [0.15, 0.2) is 0 Å². The number of esters is 1. The monoisotopic (exact) mass is 681 g/mol. The van der Waals surface area contributed by atoms with Crippen molar-refractivity contribution in [2.75, 3.05) is 6.61 Å². The minimum atomic E-state index is -8.51. The molecule has 0 heterocycles. The second-order valence-corrected chi connectivity index (χ2v) is 10.1. The average molecular weight is 682 g/mol. The Kier molecular flexibility index (Phi) is 15.2. The molecule has 0 fully saturated rings. The van der Waals surface area contributed by atoms with E-state index in [1.54, 1.807) is 0 Å². The number of halogens is 15. The molecule has 0 aromatic rings. The Bertz CT molecular complexity index is 908. The van der Waals surface area contributed by atoms with Crippen LogP contribution in [0.25, 0.3) is 0 Å². The zero-order chi connectivity index (χ0) is 34.8. The Balaban J connectivity index is 5.53. The van der Waals surface area contributed by atoms with E-state index in [2.05, 4.69) is 6.92 Å². The van der Waals surface area contributed by atoms with Crippen LogP contribution in [0.5, 0.6) is 0 Å². The average Bonchev–Trinajstić information content (AvgIpc) is 2.89. The molecule has 1 unspecified atom stereocenters. The van der Waals surface area contributed by atoms with Crippen molar-refractivity contribution in [3.05, 3.63) is 0 Å². The summed E-state index contributed by atoms with van der Waals surface area (Å²) >= 11 is 0. The number of unbranched alkanes of at least 4 members (excludes halogenated alkanes) is 9. The molecule has 44 heavy (non-hydrogen) atoms. The maximum atomic E-state index is 14.2. The van der Waals surface area contributed by atoms with Gasteiger partial charge in [0, 0.05) is 0 Å². The highest BCUT2D eigenvalue weighted by Crippen LogP contribution is 2.62. The van der Waals surface area contributed by atoms with Crippen LogP contribution in [0.2, 0.25) is 0 Å². The lowest BCUT2D eigenvalue weighted by Gasteiger charge is -2.41. The van der Waals surface area contributed by atoms with Crippen LogP contribution in [0.1, 0.15) is 90.9 Å². The van der Waals surface area contributed by atoms with Gasteiger partial charge in [-0.05, 0) is 12.8 Å². The van der Waals surface area contributed by atoms with E-state index in [0.29, 0.717) is 12.8 Å². The molecule has 0 saturated heterocycles. The first kappa shape index (κ1) is 41.9. The van der Waals surface area contributed by atoms with Crippen molar-refractivity contribution in [1.82, 2.24) is 5.32 Å². The van der Waals surface area contributed by atoms with Gasteiger partial charge in [0.25, 0.3) is 5.91 Å². The highest BCUT2D eigenvalue weighted by molar-refractivity contribution is 5.89. The first-order valence-corrected chi connectivity index (χ1v) is 13.6. The Morgan fingerprint density at radius 2 is 0.932 bits per heavy atom. The molecule has 0 bridgehead atoms. The van der Waals surface area contributed by atoms with E-state index in [9.17, 15) is 75.4 Å². The van der Waals surface area contributed by atoms with Crippen LogP contribution in [0.3, 0.4) is 0 Å². The minimum Gasteiger partial charge on any atom is -0.464 e. The Hall–Kier alpha value is -2.11. The Morgan fingerprint density at radius 3 is 1.34 bits per heavy atom. The molecule has 0 rings (SSSR count). The minimum absolute atomic E-state index is 0.187. The van der Waals surface area contributed by atoms with Gasteiger partial charge in [-0.2, -0.15) is 65.9 Å². The Labute approximate surface area is 243 Å². The van der Waals surface area contributed by atoms with Crippen LogP contribution < -0.4 is 5.32 Å². The van der Waals surface area contributed by atoms with Gasteiger partial charge in [-0.3, -0.25) is 4.79 Å². The number of hydrogen-bond donors (Lipinski definition) is 1. The maximum Gasteiger partial charge on any atom is 0.460 e. The van der Waals surface area contributed by atoms with Crippen LogP contribution in [-0.2, 0) is 14.3 Å². The predicted octanol–water partition coefficient (Wildman–Crippen LogP) is 9.11. The van der Waals surface area contributed by atoms with Crippen molar-refractivity contribution in [2.45, 2.75) is 139 Å². The van der Waals surface area contributed by atoms with E-state index < -0.39 is 66.1 Å². The first-order chi connectivity index (χ1) is 19.8. The lowest BCUT2D eigenvalue weighted by Crippen LogP contribution is -2.74. The molecular formula is C25H34F15NO3. The number of amides is 1. The lowest BCUT2D eigenvalue weighted by molar-refractivity contribution is -0.449. The molecule has 0 aromatic heterocycles. The van der Waals surface area contributed by atoms with E-state index in [-0.39, 0.29) is 19.4 Å². The molecule has 4 nitrogen and oxygen atoms in total. The highest BCUT2D eigenvalue weighted by atomic mass is 19.4. The SMILES string of the molecule is CCCCCCCCCCCCOC(=O)C(CCC)NC(=O)C(F)(F)C(F)(F)C(F)(F)C(F)(F)C(F)(F)C(F)(F)C(F)(F)F. The molecule has 1 atom stereocenters. The van der Waals surface area contributed by atoms with Gasteiger partial charge >= 0.3 is 47.7 Å². The molecule has 0 spiro atoms. The second-order valence-electron chi connectivity index (χ2n) is 10.1. The number of ether oxygens (including phenoxy) is 1. The summed E-state index contributed by atoms with van der Waals surface area (Å²) in [5.74, 6) is -53.8. The van der Waals surface area contributed by atoms with Crippen LogP contribution in [0, 0.1) is 0 Å². The van der Waals surface area contributed by atoms with Crippen molar-refractivity contribution in [1.29, 1.82) is 0 Å². The summed E-state index contributed by atoms with van der Waals surface area (Å²) in [5, 5.41) is 0.833. The molecular weight excluding hydrogens is 647 g/mol. The van der Waals surface area contributed by atoms with Crippen molar-refractivity contribution in [3.8, 4) is 0 Å². The van der Waals surface area contributed by atoms with Gasteiger partial charge in [-0.15, -0.1) is 0 Å². The normalized spacial score (nSPS) is 14.8. The van der Waals surface area contributed by atoms with Gasteiger partial charge in [-0.1, -0.05) is 78.1 Å². The molecule has 19 heteroatoms. The summed E-state index contributed by atoms with van der Waals surface area (Å²) < 4.78 is 205. The van der Waals surface area contributed by atoms with Crippen molar-refractivity contribution in [3.63, 3.8) is 0 Å². The van der Waals surface area contributed by atoms with Gasteiger partial charge < -0.3 is 10.1 Å². The molecule has 0 aliphatic heterocycles. The second kappa shape index (κ2) is 15.9. The fraction of sp³-hybridized carbons (Fsp3) is 0.920. The summed E-state index contributed by atoms with van der Waals surface area (Å²) in [5.41, 5.74) is 0. The van der Waals surface area contributed by atoms with Crippen LogP contribution in [0.4, 0.5) is 65.9 Å². The number of carbonyl (C=O) groups excluding carboxylic acids is 2. The lowest BCUT2D eigenvalue weighted by atomic mass is 9.90.